The van der Waals surface area contributed by atoms with E-state index in [9.17, 15) is 15.0 Å². The summed E-state index contributed by atoms with van der Waals surface area (Å²) in [5.41, 5.74) is 0.563. The summed E-state index contributed by atoms with van der Waals surface area (Å²) in [6, 6.07) is 5.48. The van der Waals surface area contributed by atoms with Crippen LogP contribution in [-0.2, 0) is 0 Å². The van der Waals surface area contributed by atoms with Crippen LogP contribution >= 0.6 is 0 Å². The van der Waals surface area contributed by atoms with Crippen LogP contribution in [0.2, 0.25) is 0 Å². The molecule has 0 bridgehead atoms. The van der Waals surface area contributed by atoms with Crippen molar-refractivity contribution in [3.63, 3.8) is 0 Å². The minimum Gasteiger partial charge on any atom is -0.493 e. The molecule has 0 heterocycles. The standard InChI is InChI=1S/C18H27NO5/c1-12(20)13-3-8-17(18(9-13)23-2)24-11-16(22)10-19-14-4-6-15(21)7-5-14/h3,8-9,14-16,19,21-22H,4-7,10-11H2,1-2H3/p+1/t14?,15?,16-/m0/s1. The van der Waals surface area contributed by atoms with Gasteiger partial charge in [-0.25, -0.2) is 0 Å². The Morgan fingerprint density at radius 2 is 2.00 bits per heavy atom. The van der Waals surface area contributed by atoms with E-state index in [0.717, 1.165) is 25.7 Å². The Bertz CT molecular complexity index is 540. The zero-order valence-electron chi connectivity index (χ0n) is 14.4. The third-order valence-corrected chi connectivity index (χ3v) is 4.48. The van der Waals surface area contributed by atoms with Crippen LogP contribution in [0.15, 0.2) is 18.2 Å². The Morgan fingerprint density at radius 1 is 1.29 bits per heavy atom. The molecule has 1 aliphatic carbocycles. The third kappa shape index (κ3) is 5.47. The molecular weight excluding hydrogens is 310 g/mol. The highest BCUT2D eigenvalue weighted by Gasteiger charge is 2.22. The quantitative estimate of drug-likeness (QED) is 0.601. The lowest BCUT2D eigenvalue weighted by Gasteiger charge is -2.24. The number of hydrogen-bond acceptors (Lipinski definition) is 5. The summed E-state index contributed by atoms with van der Waals surface area (Å²) in [5.74, 6) is 0.967. The van der Waals surface area contributed by atoms with Gasteiger partial charge in [0.25, 0.3) is 0 Å². The molecule has 1 aliphatic rings. The average Bonchev–Trinajstić information content (AvgIpc) is 2.59. The molecule has 6 nitrogen and oxygen atoms in total. The van der Waals surface area contributed by atoms with Gasteiger partial charge in [-0.05, 0) is 38.0 Å². The summed E-state index contributed by atoms with van der Waals surface area (Å²) in [6.45, 7) is 2.23. The van der Waals surface area contributed by atoms with Crippen LogP contribution < -0.4 is 14.8 Å². The van der Waals surface area contributed by atoms with Crippen molar-refractivity contribution in [1.29, 1.82) is 0 Å². The van der Waals surface area contributed by atoms with Crippen molar-refractivity contribution in [2.24, 2.45) is 0 Å². The number of rotatable bonds is 8. The maximum Gasteiger partial charge on any atom is 0.161 e. The molecule has 0 aromatic heterocycles. The van der Waals surface area contributed by atoms with Gasteiger partial charge < -0.3 is 25.0 Å². The largest absolute Gasteiger partial charge is 0.493 e. The van der Waals surface area contributed by atoms with Gasteiger partial charge in [0.1, 0.15) is 19.3 Å². The van der Waals surface area contributed by atoms with Gasteiger partial charge in [0, 0.05) is 18.4 Å². The molecule has 24 heavy (non-hydrogen) atoms. The molecule has 2 rings (SSSR count). The fraction of sp³-hybridized carbons (Fsp3) is 0.611. The third-order valence-electron chi connectivity index (χ3n) is 4.48. The van der Waals surface area contributed by atoms with Crippen LogP contribution in [0.3, 0.4) is 0 Å². The summed E-state index contributed by atoms with van der Waals surface area (Å²) in [6.07, 6.45) is 2.90. The van der Waals surface area contributed by atoms with Crippen molar-refractivity contribution in [2.45, 2.75) is 50.9 Å². The number of aliphatic hydroxyl groups is 2. The topological polar surface area (TPSA) is 92.6 Å². The smallest absolute Gasteiger partial charge is 0.161 e. The highest BCUT2D eigenvalue weighted by molar-refractivity contribution is 5.94. The SMILES string of the molecule is COc1cc(C(C)=O)ccc1OC[C@@H](O)C[NH2+]C1CCC(O)CC1. The van der Waals surface area contributed by atoms with Crippen LogP contribution in [0.4, 0.5) is 0 Å². The second kappa shape index (κ2) is 9.01. The van der Waals surface area contributed by atoms with Crippen LogP contribution in [0.5, 0.6) is 11.5 Å². The number of methoxy groups -OCH3 is 1. The predicted octanol–water partition coefficient (Wildman–Crippen LogP) is 0.504. The van der Waals surface area contributed by atoms with E-state index in [1.165, 1.54) is 14.0 Å². The van der Waals surface area contributed by atoms with E-state index >= 15 is 0 Å². The van der Waals surface area contributed by atoms with Crippen molar-refractivity contribution in [2.75, 3.05) is 20.3 Å². The second-order valence-electron chi connectivity index (χ2n) is 6.43. The normalized spacial score (nSPS) is 22.0. The van der Waals surface area contributed by atoms with E-state index in [1.54, 1.807) is 18.2 Å². The van der Waals surface area contributed by atoms with E-state index in [4.69, 9.17) is 9.47 Å². The predicted molar refractivity (Wildman–Crippen MR) is 89.6 cm³/mol. The molecule has 1 atom stereocenters. The van der Waals surface area contributed by atoms with Crippen LogP contribution in [0.1, 0.15) is 43.0 Å². The molecule has 1 saturated carbocycles. The minimum atomic E-state index is -0.589. The summed E-state index contributed by atoms with van der Waals surface area (Å²) in [5, 5.41) is 21.7. The first kappa shape index (κ1) is 18.7. The first-order chi connectivity index (χ1) is 11.5. The molecule has 0 radical (unpaired) electrons. The molecule has 4 N–H and O–H groups in total. The van der Waals surface area contributed by atoms with Crippen molar-refractivity contribution in [1.82, 2.24) is 0 Å². The van der Waals surface area contributed by atoms with Gasteiger partial charge in [-0.2, -0.15) is 0 Å². The summed E-state index contributed by atoms with van der Waals surface area (Å²) < 4.78 is 10.9. The fourth-order valence-electron chi connectivity index (χ4n) is 2.95. The number of ether oxygens (including phenoxy) is 2. The van der Waals surface area contributed by atoms with Crippen molar-refractivity contribution >= 4 is 5.78 Å². The van der Waals surface area contributed by atoms with Crippen LogP contribution in [-0.4, -0.2) is 54.5 Å². The molecular formula is C18H28NO5+. The molecule has 0 spiro atoms. The van der Waals surface area contributed by atoms with Crippen LogP contribution in [0.25, 0.3) is 0 Å². The van der Waals surface area contributed by atoms with E-state index in [1.807, 2.05) is 0 Å². The van der Waals surface area contributed by atoms with Crippen molar-refractivity contribution < 1.29 is 29.8 Å². The number of nitrogens with two attached hydrogens (primary N) is 1. The molecule has 134 valence electrons. The Labute approximate surface area is 142 Å². The average molecular weight is 338 g/mol. The summed E-state index contributed by atoms with van der Waals surface area (Å²) in [7, 11) is 1.52. The van der Waals surface area contributed by atoms with Gasteiger partial charge in [-0.15, -0.1) is 0 Å². The second-order valence-corrected chi connectivity index (χ2v) is 6.43. The van der Waals surface area contributed by atoms with E-state index in [0.29, 0.717) is 29.6 Å². The first-order valence-electron chi connectivity index (χ1n) is 8.50. The van der Waals surface area contributed by atoms with E-state index in [2.05, 4.69) is 5.32 Å². The fourth-order valence-corrected chi connectivity index (χ4v) is 2.95. The molecule has 1 fully saturated rings. The summed E-state index contributed by atoms with van der Waals surface area (Å²) in [4.78, 5) is 11.4. The highest BCUT2D eigenvalue weighted by atomic mass is 16.5. The number of Topliss-reactive ketones (excluding diaryl/α,β-unsaturated/α-hetero) is 1. The Hall–Kier alpha value is -1.63. The van der Waals surface area contributed by atoms with Gasteiger partial charge >= 0.3 is 0 Å². The van der Waals surface area contributed by atoms with Gasteiger partial charge in [0.2, 0.25) is 0 Å². The zero-order chi connectivity index (χ0) is 17.5. The Kier molecular flexibility index (Phi) is 7.02. The van der Waals surface area contributed by atoms with Crippen molar-refractivity contribution in [3.8, 4) is 11.5 Å². The van der Waals surface area contributed by atoms with Crippen LogP contribution in [0, 0.1) is 0 Å². The molecule has 0 saturated heterocycles. The van der Waals surface area contributed by atoms with E-state index in [-0.39, 0.29) is 18.5 Å². The number of carbonyl (C=O) groups is 1. The molecule has 1 aromatic carbocycles. The monoisotopic (exact) mass is 338 g/mol. The lowest BCUT2D eigenvalue weighted by molar-refractivity contribution is -0.697. The number of benzene rings is 1. The van der Waals surface area contributed by atoms with E-state index < -0.39 is 6.10 Å². The zero-order valence-corrected chi connectivity index (χ0v) is 14.4. The van der Waals surface area contributed by atoms with Gasteiger partial charge in [-0.1, -0.05) is 0 Å². The summed E-state index contributed by atoms with van der Waals surface area (Å²) >= 11 is 0. The minimum absolute atomic E-state index is 0.0351. The van der Waals surface area contributed by atoms with Crippen molar-refractivity contribution in [3.05, 3.63) is 23.8 Å². The molecule has 0 aliphatic heterocycles. The molecule has 1 aromatic rings. The number of hydrogen-bond donors (Lipinski definition) is 3. The van der Waals surface area contributed by atoms with Gasteiger partial charge in [0.05, 0.1) is 19.3 Å². The maximum absolute atomic E-state index is 11.4. The Morgan fingerprint density at radius 3 is 2.62 bits per heavy atom. The van der Waals surface area contributed by atoms with Gasteiger partial charge in [-0.3, -0.25) is 4.79 Å². The number of carbonyl (C=O) groups excluding carboxylic acids is 1. The highest BCUT2D eigenvalue weighted by Crippen LogP contribution is 2.28. The number of aliphatic hydroxyl groups excluding tert-OH is 2. The molecule has 0 unspecified atom stereocenters. The number of ketones is 1. The Balaban J connectivity index is 1.78. The van der Waals surface area contributed by atoms with Gasteiger partial charge in [0.15, 0.2) is 17.3 Å². The molecule has 0 amide bonds. The lowest BCUT2D eigenvalue weighted by Crippen LogP contribution is -2.92. The lowest BCUT2D eigenvalue weighted by atomic mass is 9.93. The molecule has 6 heteroatoms. The first-order valence-corrected chi connectivity index (χ1v) is 8.50. The number of quaternary nitrogens is 1. The maximum atomic E-state index is 11.4.